The summed E-state index contributed by atoms with van der Waals surface area (Å²) in [5.74, 6) is 2.09. The minimum Gasteiger partial charge on any atom is -0.393 e. The van der Waals surface area contributed by atoms with Crippen LogP contribution in [-0.4, -0.2) is 98.8 Å². The lowest BCUT2D eigenvalue weighted by atomic mass is 9.75. The summed E-state index contributed by atoms with van der Waals surface area (Å²) in [4.78, 5) is 41.0. The third-order valence-corrected chi connectivity index (χ3v) is 14.7. The molecule has 1 amide bonds. The van der Waals surface area contributed by atoms with Crippen LogP contribution in [0.25, 0.3) is 16.6 Å². The van der Waals surface area contributed by atoms with Gasteiger partial charge in [-0.1, -0.05) is 63.1 Å². The second-order valence-electron chi connectivity index (χ2n) is 19.1. The molecule has 13 nitrogen and oxygen atoms in total. The van der Waals surface area contributed by atoms with Crippen molar-refractivity contribution in [1.29, 1.82) is 0 Å². The molecule has 1 saturated heterocycles. The van der Waals surface area contributed by atoms with E-state index in [4.69, 9.17) is 19.4 Å². The summed E-state index contributed by atoms with van der Waals surface area (Å²) in [6.07, 6.45) is 22.2. The van der Waals surface area contributed by atoms with Gasteiger partial charge in [0.1, 0.15) is 12.8 Å². The summed E-state index contributed by atoms with van der Waals surface area (Å²) in [6, 6.07) is 14.7. The van der Waals surface area contributed by atoms with E-state index < -0.39 is 6.04 Å². The van der Waals surface area contributed by atoms with Crippen molar-refractivity contribution in [3.63, 3.8) is 0 Å². The Morgan fingerprint density at radius 2 is 1.68 bits per heavy atom. The van der Waals surface area contributed by atoms with Gasteiger partial charge in [-0.2, -0.15) is 0 Å². The number of fused-ring (bicyclic) bond motifs is 2. The van der Waals surface area contributed by atoms with E-state index in [0.717, 1.165) is 145 Å². The normalized spacial score (nSPS) is 21.6. The lowest BCUT2D eigenvalue weighted by Crippen LogP contribution is -2.39. The second-order valence-corrected chi connectivity index (χ2v) is 19.1. The zero-order chi connectivity index (χ0) is 45.8. The molecule has 2 unspecified atom stereocenters. The standard InChI is InChI=1S/C53H74N8O5/c1-4-38(5-2)34-54-52-55-35-46-44(12-8-13-45(50(46)57-52)42-20-22-43(62)23-21-42)41-18-15-40(16-19-41)36-60-28-26-59(27-29-60)25-6-7-30-65-31-9-11-39-17-24-47-49(33-39)58(3)53(64)61(47)48-14-10-32-66-37-56-51(48)63/h12,15-19,24,26,28,33,35,38,42-43,45,48,62H,4-11,13-14,20-23,25,27,29-32,34,36-37H2,1-3H3,(H,56,63)(H,54,55,57). The number of ether oxygens (including phenoxy) is 2. The molecule has 356 valence electrons. The molecule has 2 atom stereocenters. The number of carbonyl (C=O) groups is 1. The van der Waals surface area contributed by atoms with Crippen LogP contribution in [0.1, 0.15) is 137 Å². The molecule has 4 heterocycles. The Morgan fingerprint density at radius 1 is 0.909 bits per heavy atom. The highest BCUT2D eigenvalue weighted by Crippen LogP contribution is 2.44. The molecule has 2 fully saturated rings. The van der Waals surface area contributed by atoms with Crippen molar-refractivity contribution >= 4 is 28.5 Å². The molecule has 4 aromatic rings. The van der Waals surface area contributed by atoms with E-state index in [1.54, 1.807) is 16.2 Å². The number of hydrogen-bond acceptors (Lipinski definition) is 10. The average molecular weight is 903 g/mol. The van der Waals surface area contributed by atoms with Gasteiger partial charge in [0.15, 0.2) is 0 Å². The zero-order valence-electron chi connectivity index (χ0n) is 39.8. The predicted molar refractivity (Wildman–Crippen MR) is 262 cm³/mol. The maximum absolute atomic E-state index is 13.3. The number of rotatable bonds is 19. The number of unbranched alkanes of at least 4 members (excludes halogenated alkanes) is 1. The van der Waals surface area contributed by atoms with Crippen LogP contribution in [0.3, 0.4) is 0 Å². The molecule has 8 rings (SSSR count). The number of aryl methyl sites for hydroxylation is 2. The Labute approximate surface area is 391 Å². The number of aliphatic hydroxyl groups is 1. The molecular formula is C53H74N8O5. The first-order valence-corrected chi connectivity index (χ1v) is 25.2. The van der Waals surface area contributed by atoms with Gasteiger partial charge in [-0.05, 0) is 123 Å². The van der Waals surface area contributed by atoms with Gasteiger partial charge < -0.3 is 35.0 Å². The molecule has 4 aliphatic rings. The van der Waals surface area contributed by atoms with Crippen LogP contribution < -0.4 is 16.3 Å². The van der Waals surface area contributed by atoms with Gasteiger partial charge in [0.25, 0.3) is 0 Å². The highest BCUT2D eigenvalue weighted by atomic mass is 16.5. The highest BCUT2D eigenvalue weighted by Gasteiger charge is 2.33. The number of anilines is 1. The van der Waals surface area contributed by atoms with E-state index in [1.165, 1.54) is 28.0 Å². The first-order chi connectivity index (χ1) is 32.3. The molecule has 13 heteroatoms. The number of hydrogen-bond donors (Lipinski definition) is 3. The van der Waals surface area contributed by atoms with Gasteiger partial charge >= 0.3 is 5.69 Å². The Kier molecular flexibility index (Phi) is 16.7. The van der Waals surface area contributed by atoms with Crippen molar-refractivity contribution in [2.24, 2.45) is 18.9 Å². The number of nitrogens with one attached hydrogen (secondary N) is 2. The number of imidazole rings is 1. The number of carbonyl (C=O) groups excluding carboxylic acids is 1. The molecule has 2 aliphatic carbocycles. The molecule has 2 aromatic heterocycles. The monoisotopic (exact) mass is 903 g/mol. The minimum atomic E-state index is -0.536. The van der Waals surface area contributed by atoms with E-state index in [0.29, 0.717) is 37.4 Å². The Bertz CT molecular complexity index is 2330. The average Bonchev–Trinajstić information content (AvgIpc) is 3.44. The lowest BCUT2D eigenvalue weighted by Gasteiger charge is -2.32. The fourth-order valence-electron chi connectivity index (χ4n) is 10.5. The lowest BCUT2D eigenvalue weighted by molar-refractivity contribution is -0.127. The van der Waals surface area contributed by atoms with Gasteiger partial charge in [0, 0.05) is 89.7 Å². The number of aromatic nitrogens is 4. The van der Waals surface area contributed by atoms with Crippen LogP contribution in [0.5, 0.6) is 0 Å². The van der Waals surface area contributed by atoms with Gasteiger partial charge in [0.05, 0.1) is 22.8 Å². The summed E-state index contributed by atoms with van der Waals surface area (Å²) >= 11 is 0. The number of allylic oxidation sites excluding steroid dienone is 1. The number of benzene rings is 2. The number of nitrogens with zero attached hydrogens (tertiary/aromatic N) is 6. The zero-order valence-corrected chi connectivity index (χ0v) is 39.8. The van der Waals surface area contributed by atoms with E-state index in [2.05, 4.69) is 95.4 Å². The summed E-state index contributed by atoms with van der Waals surface area (Å²) in [5, 5.41) is 16.7. The van der Waals surface area contributed by atoms with Gasteiger partial charge in [-0.3, -0.25) is 13.9 Å². The number of amides is 1. The van der Waals surface area contributed by atoms with E-state index in [1.807, 2.05) is 6.07 Å². The second kappa shape index (κ2) is 23.2. The Balaban J connectivity index is 0.770. The van der Waals surface area contributed by atoms with Crippen LogP contribution in [0.2, 0.25) is 0 Å². The quantitative estimate of drug-likeness (QED) is 0.0789. The summed E-state index contributed by atoms with van der Waals surface area (Å²) in [7, 11) is 1.78. The number of aliphatic hydroxyl groups excluding tert-OH is 1. The molecule has 2 aromatic carbocycles. The minimum absolute atomic E-state index is 0.163. The van der Waals surface area contributed by atoms with Gasteiger partial charge in [-0.15, -0.1) is 0 Å². The topological polar surface area (TPSA) is 139 Å². The molecular weight excluding hydrogens is 829 g/mol. The highest BCUT2D eigenvalue weighted by molar-refractivity contribution is 5.84. The van der Waals surface area contributed by atoms with Crippen LogP contribution in [0, 0.1) is 11.8 Å². The van der Waals surface area contributed by atoms with Crippen molar-refractivity contribution in [3.8, 4) is 0 Å². The summed E-state index contributed by atoms with van der Waals surface area (Å²) in [6.45, 7) is 11.5. The molecule has 2 aliphatic heterocycles. The Morgan fingerprint density at radius 3 is 2.47 bits per heavy atom. The van der Waals surface area contributed by atoms with E-state index in [-0.39, 0.29) is 24.4 Å². The fraction of sp³-hybridized carbons (Fsp3) is 0.585. The van der Waals surface area contributed by atoms with Crippen LogP contribution in [0.4, 0.5) is 5.95 Å². The largest absolute Gasteiger partial charge is 0.393 e. The molecule has 0 spiro atoms. The third kappa shape index (κ3) is 11.8. The van der Waals surface area contributed by atoms with Crippen molar-refractivity contribution < 1.29 is 19.4 Å². The predicted octanol–water partition coefficient (Wildman–Crippen LogP) is 8.28. The van der Waals surface area contributed by atoms with E-state index >= 15 is 0 Å². The molecule has 0 radical (unpaired) electrons. The fourth-order valence-corrected chi connectivity index (χ4v) is 10.5. The van der Waals surface area contributed by atoms with Crippen LogP contribution in [0.15, 0.2) is 71.9 Å². The van der Waals surface area contributed by atoms with Crippen molar-refractivity contribution in [2.75, 3.05) is 58.0 Å². The first kappa shape index (κ1) is 47.5. The summed E-state index contributed by atoms with van der Waals surface area (Å²) in [5.41, 5.74) is 8.74. The molecule has 1 saturated carbocycles. The van der Waals surface area contributed by atoms with Gasteiger partial charge in [-0.25, -0.2) is 14.8 Å². The smallest absolute Gasteiger partial charge is 0.329 e. The van der Waals surface area contributed by atoms with E-state index in [9.17, 15) is 14.7 Å². The van der Waals surface area contributed by atoms with Crippen LogP contribution in [-0.2, 0) is 34.3 Å². The molecule has 66 heavy (non-hydrogen) atoms. The van der Waals surface area contributed by atoms with Crippen molar-refractivity contribution in [1.82, 2.24) is 34.2 Å². The molecule has 3 N–H and O–H groups in total. The first-order valence-electron chi connectivity index (χ1n) is 25.2. The van der Waals surface area contributed by atoms with Crippen LogP contribution >= 0.6 is 0 Å². The molecule has 0 bridgehead atoms. The van der Waals surface area contributed by atoms with Gasteiger partial charge in [0.2, 0.25) is 11.9 Å². The SMILES string of the molecule is CCC(CC)CNc1ncc2c(n1)C(C1CCC(O)CC1)CCC=C2c1ccc(CN2C=CN(CCCCOCCCc3ccc4c(c3)n(C)c(=O)n4C3CCCOCNC3=O)CC2)cc1. The summed E-state index contributed by atoms with van der Waals surface area (Å²) < 4.78 is 14.7. The maximum atomic E-state index is 13.3. The van der Waals surface area contributed by atoms with Crippen molar-refractivity contribution in [3.05, 3.63) is 106 Å². The maximum Gasteiger partial charge on any atom is 0.329 e. The Hall–Kier alpha value is -4.98. The third-order valence-electron chi connectivity index (χ3n) is 14.7. The van der Waals surface area contributed by atoms with Crippen molar-refractivity contribution in [2.45, 2.75) is 128 Å².